The third-order valence-corrected chi connectivity index (χ3v) is 2.80. The Kier molecular flexibility index (Phi) is 5.62. The van der Waals surface area contributed by atoms with Crippen LogP contribution in [-0.4, -0.2) is 25.8 Å². The largest absolute Gasteiger partial charge is 0.496 e. The Balaban J connectivity index is 1.84. The zero-order valence-corrected chi connectivity index (χ0v) is 12.3. The number of carbonyl (C=O) groups is 1. The van der Waals surface area contributed by atoms with Crippen molar-refractivity contribution in [3.8, 4) is 5.75 Å². The highest BCUT2D eigenvalue weighted by atomic mass is 19.2. The van der Waals surface area contributed by atoms with E-state index >= 15 is 0 Å². The number of hydrogen-bond acceptors (Lipinski definition) is 4. The summed E-state index contributed by atoms with van der Waals surface area (Å²) in [6.07, 6.45) is 1.41. The first kappa shape index (κ1) is 16.4. The molecule has 23 heavy (non-hydrogen) atoms. The third kappa shape index (κ3) is 4.77. The van der Waals surface area contributed by atoms with E-state index in [1.165, 1.54) is 19.4 Å². The summed E-state index contributed by atoms with van der Waals surface area (Å²) in [6, 6.07) is 10.2. The second-order valence-electron chi connectivity index (χ2n) is 4.43. The van der Waals surface area contributed by atoms with E-state index in [4.69, 9.17) is 9.57 Å². The fraction of sp³-hybridized carbons (Fsp3) is 0.125. The lowest BCUT2D eigenvalue weighted by molar-refractivity contribution is -0.120. The monoisotopic (exact) mass is 320 g/mol. The van der Waals surface area contributed by atoms with Crippen LogP contribution in [0.15, 0.2) is 47.6 Å². The van der Waals surface area contributed by atoms with Crippen LogP contribution in [-0.2, 0) is 9.63 Å². The second kappa shape index (κ2) is 7.88. The Morgan fingerprint density at radius 3 is 2.74 bits per heavy atom. The molecule has 1 amide bonds. The van der Waals surface area contributed by atoms with E-state index in [1.807, 2.05) is 6.07 Å². The molecule has 0 aliphatic rings. The first-order valence-electron chi connectivity index (χ1n) is 6.63. The molecule has 0 radical (unpaired) electrons. The van der Waals surface area contributed by atoms with Crippen LogP contribution in [0.1, 0.15) is 5.56 Å². The summed E-state index contributed by atoms with van der Waals surface area (Å²) in [5.41, 5.74) is 0.822. The van der Waals surface area contributed by atoms with E-state index in [0.29, 0.717) is 11.3 Å². The van der Waals surface area contributed by atoms with Gasteiger partial charge in [-0.15, -0.1) is 0 Å². The molecule has 0 fully saturated rings. The van der Waals surface area contributed by atoms with Crippen LogP contribution in [0.4, 0.5) is 14.5 Å². The number of nitrogens with one attached hydrogen (secondary N) is 1. The van der Waals surface area contributed by atoms with Crippen molar-refractivity contribution in [2.45, 2.75) is 0 Å². The standard InChI is InChI=1S/C16H14F2N2O3/c1-22-15-5-3-2-4-11(15)9-19-23-10-16(21)20-12-6-7-13(17)14(18)8-12/h2-9H,10H2,1H3,(H,20,21)/b19-9-. The lowest BCUT2D eigenvalue weighted by Crippen LogP contribution is -2.17. The molecule has 0 aliphatic carbocycles. The predicted octanol–water partition coefficient (Wildman–Crippen LogP) is 2.96. The highest BCUT2D eigenvalue weighted by Gasteiger charge is 2.06. The normalized spacial score (nSPS) is 10.6. The van der Waals surface area contributed by atoms with Gasteiger partial charge in [-0.05, 0) is 24.3 Å². The quantitative estimate of drug-likeness (QED) is 0.657. The summed E-state index contributed by atoms with van der Waals surface area (Å²) in [5.74, 6) is -1.96. The van der Waals surface area contributed by atoms with Crippen LogP contribution < -0.4 is 10.1 Å². The van der Waals surface area contributed by atoms with Gasteiger partial charge in [-0.1, -0.05) is 17.3 Å². The molecule has 0 unspecified atom stereocenters. The number of amides is 1. The molecule has 2 aromatic rings. The number of carbonyl (C=O) groups excluding carboxylic acids is 1. The van der Waals surface area contributed by atoms with Gasteiger partial charge in [0.2, 0.25) is 0 Å². The van der Waals surface area contributed by atoms with Crippen LogP contribution in [0.25, 0.3) is 0 Å². The van der Waals surface area contributed by atoms with Gasteiger partial charge >= 0.3 is 0 Å². The Morgan fingerprint density at radius 1 is 1.22 bits per heavy atom. The van der Waals surface area contributed by atoms with Crippen LogP contribution in [0.3, 0.4) is 0 Å². The highest BCUT2D eigenvalue weighted by molar-refractivity contribution is 5.91. The average molecular weight is 320 g/mol. The predicted molar refractivity (Wildman–Crippen MR) is 81.5 cm³/mol. The summed E-state index contributed by atoms with van der Waals surface area (Å²) < 4.78 is 30.9. The molecule has 2 rings (SSSR count). The lowest BCUT2D eigenvalue weighted by Gasteiger charge is -2.05. The van der Waals surface area contributed by atoms with Crippen LogP contribution in [0.2, 0.25) is 0 Å². The lowest BCUT2D eigenvalue weighted by atomic mass is 10.2. The minimum Gasteiger partial charge on any atom is -0.496 e. The Morgan fingerprint density at radius 2 is 2.00 bits per heavy atom. The number of rotatable bonds is 6. The summed E-state index contributed by atoms with van der Waals surface area (Å²) >= 11 is 0. The number of para-hydroxylation sites is 1. The maximum Gasteiger partial charge on any atom is 0.265 e. The van der Waals surface area contributed by atoms with Gasteiger partial charge in [-0.25, -0.2) is 8.78 Å². The van der Waals surface area contributed by atoms with E-state index < -0.39 is 17.5 Å². The van der Waals surface area contributed by atoms with E-state index in [2.05, 4.69) is 10.5 Å². The average Bonchev–Trinajstić information content (AvgIpc) is 2.55. The number of hydrogen-bond donors (Lipinski definition) is 1. The molecule has 1 N–H and O–H groups in total. The fourth-order valence-corrected chi connectivity index (χ4v) is 1.73. The molecule has 0 aliphatic heterocycles. The van der Waals surface area contributed by atoms with Gasteiger partial charge in [0.1, 0.15) is 5.75 Å². The van der Waals surface area contributed by atoms with Gasteiger partial charge in [-0.2, -0.15) is 0 Å². The van der Waals surface area contributed by atoms with Gasteiger partial charge in [-0.3, -0.25) is 4.79 Å². The third-order valence-electron chi connectivity index (χ3n) is 2.80. The van der Waals surface area contributed by atoms with Crippen molar-refractivity contribution >= 4 is 17.8 Å². The highest BCUT2D eigenvalue weighted by Crippen LogP contribution is 2.15. The fourth-order valence-electron chi connectivity index (χ4n) is 1.73. The van der Waals surface area contributed by atoms with Crippen molar-refractivity contribution in [2.24, 2.45) is 5.16 Å². The first-order chi connectivity index (χ1) is 11.1. The molecule has 2 aromatic carbocycles. The summed E-state index contributed by atoms with van der Waals surface area (Å²) in [5, 5.41) is 6.03. The SMILES string of the molecule is COc1ccccc1/C=N\OCC(=O)Nc1ccc(F)c(F)c1. The maximum atomic E-state index is 13.0. The van der Waals surface area contributed by atoms with Gasteiger partial charge in [0.15, 0.2) is 18.2 Å². The summed E-state index contributed by atoms with van der Waals surface area (Å²) in [6.45, 7) is -0.370. The number of ether oxygens (including phenoxy) is 1. The minimum atomic E-state index is -1.04. The summed E-state index contributed by atoms with van der Waals surface area (Å²) in [4.78, 5) is 16.5. The second-order valence-corrected chi connectivity index (χ2v) is 4.43. The number of halogens is 2. The van der Waals surface area contributed by atoms with E-state index in [0.717, 1.165) is 12.1 Å². The van der Waals surface area contributed by atoms with E-state index in [1.54, 1.807) is 18.2 Å². The molecule has 0 saturated carbocycles. The topological polar surface area (TPSA) is 59.9 Å². The van der Waals surface area contributed by atoms with Gasteiger partial charge in [0, 0.05) is 17.3 Å². The number of benzene rings is 2. The molecular weight excluding hydrogens is 306 g/mol. The zero-order chi connectivity index (χ0) is 16.7. The molecule has 0 spiro atoms. The molecule has 5 nitrogen and oxygen atoms in total. The van der Waals surface area contributed by atoms with Crippen molar-refractivity contribution in [2.75, 3.05) is 19.0 Å². The molecular formula is C16H14F2N2O3. The Bertz CT molecular complexity index is 720. The molecule has 0 saturated heterocycles. The number of anilines is 1. The maximum absolute atomic E-state index is 13.0. The Labute approximate surface area is 131 Å². The zero-order valence-electron chi connectivity index (χ0n) is 12.3. The van der Waals surface area contributed by atoms with Crippen LogP contribution in [0.5, 0.6) is 5.75 Å². The Hall–Kier alpha value is -2.96. The van der Waals surface area contributed by atoms with Gasteiger partial charge in [0.25, 0.3) is 5.91 Å². The van der Waals surface area contributed by atoms with Crippen LogP contribution >= 0.6 is 0 Å². The van der Waals surface area contributed by atoms with Crippen molar-refractivity contribution in [3.63, 3.8) is 0 Å². The molecule has 0 atom stereocenters. The molecule has 0 heterocycles. The van der Waals surface area contributed by atoms with Crippen molar-refractivity contribution in [1.82, 2.24) is 0 Å². The molecule has 0 aromatic heterocycles. The summed E-state index contributed by atoms with van der Waals surface area (Å²) in [7, 11) is 1.53. The van der Waals surface area contributed by atoms with Gasteiger partial charge in [0.05, 0.1) is 13.3 Å². The van der Waals surface area contributed by atoms with Crippen LogP contribution in [0, 0.1) is 11.6 Å². The van der Waals surface area contributed by atoms with Gasteiger partial charge < -0.3 is 14.9 Å². The molecule has 120 valence electrons. The van der Waals surface area contributed by atoms with Crippen molar-refractivity contribution in [3.05, 3.63) is 59.7 Å². The molecule has 7 heteroatoms. The first-order valence-corrected chi connectivity index (χ1v) is 6.63. The van der Waals surface area contributed by atoms with Crippen molar-refractivity contribution < 1.29 is 23.1 Å². The minimum absolute atomic E-state index is 0.131. The number of oxime groups is 1. The molecule has 0 bridgehead atoms. The number of nitrogens with zero attached hydrogens (tertiary/aromatic N) is 1. The smallest absolute Gasteiger partial charge is 0.265 e. The van der Waals surface area contributed by atoms with E-state index in [9.17, 15) is 13.6 Å². The van der Waals surface area contributed by atoms with Crippen molar-refractivity contribution in [1.29, 1.82) is 0 Å². The van der Waals surface area contributed by atoms with E-state index in [-0.39, 0.29) is 12.3 Å². The number of methoxy groups -OCH3 is 1.